The molecule has 0 aliphatic heterocycles. The maximum Gasteiger partial charge on any atom is 0.433 e. The van der Waals surface area contributed by atoms with Gasteiger partial charge in [-0.05, 0) is 61.2 Å². The summed E-state index contributed by atoms with van der Waals surface area (Å²) in [5, 5.41) is 10.6. The van der Waals surface area contributed by atoms with E-state index in [1.165, 1.54) is 17.2 Å². The lowest BCUT2D eigenvalue weighted by Crippen LogP contribution is -2.37. The minimum absolute atomic E-state index is 0.158. The Balaban J connectivity index is 1.85. The van der Waals surface area contributed by atoms with Crippen LogP contribution in [-0.4, -0.2) is 27.5 Å². The van der Waals surface area contributed by atoms with Gasteiger partial charge in [0, 0.05) is 36.4 Å². The van der Waals surface area contributed by atoms with Crippen LogP contribution >= 0.6 is 0 Å². The molecule has 0 radical (unpaired) electrons. The lowest BCUT2D eigenvalue weighted by Gasteiger charge is -2.26. The lowest BCUT2D eigenvalue weighted by molar-refractivity contribution is -0.141. The fraction of sp³-hybridized carbons (Fsp3) is 0.261. The number of pyridine rings is 2. The summed E-state index contributed by atoms with van der Waals surface area (Å²) in [7, 11) is 0. The van der Waals surface area contributed by atoms with Gasteiger partial charge in [0.15, 0.2) is 6.10 Å². The first-order valence-electron chi connectivity index (χ1n) is 9.65. The molecule has 31 heavy (non-hydrogen) atoms. The molecule has 0 spiro atoms. The van der Waals surface area contributed by atoms with Crippen LogP contribution in [-0.2, 0) is 17.4 Å². The first kappa shape index (κ1) is 22.4. The van der Waals surface area contributed by atoms with E-state index in [2.05, 4.69) is 9.97 Å². The second kappa shape index (κ2) is 9.26. The fourth-order valence-electron chi connectivity index (χ4n) is 3.07. The molecule has 5 nitrogen and oxygen atoms in total. The standard InChI is InChI=1S/C23H22F3N3O2/c1-15-5-7-19(12-16(15)2)29(22(31)21(30)18-4-3-10-27-14-18)11-9-17-6-8-20(28-13-17)23(24,25)26/h3-8,10,12-14,21,30H,9,11H2,1-2H3/t21-/m0/s1. The average molecular weight is 429 g/mol. The van der Waals surface area contributed by atoms with Crippen LogP contribution in [0, 0.1) is 13.8 Å². The summed E-state index contributed by atoms with van der Waals surface area (Å²) < 4.78 is 38.2. The second-order valence-corrected chi connectivity index (χ2v) is 7.25. The molecule has 0 aliphatic carbocycles. The van der Waals surface area contributed by atoms with Gasteiger partial charge in [0.25, 0.3) is 5.91 Å². The van der Waals surface area contributed by atoms with Crippen molar-refractivity contribution in [3.05, 3.63) is 89.0 Å². The van der Waals surface area contributed by atoms with Gasteiger partial charge in [-0.25, -0.2) is 0 Å². The molecule has 162 valence electrons. The first-order valence-corrected chi connectivity index (χ1v) is 9.65. The monoisotopic (exact) mass is 429 g/mol. The smallest absolute Gasteiger partial charge is 0.378 e. The Morgan fingerprint density at radius 3 is 2.45 bits per heavy atom. The Labute approximate surface area is 178 Å². The van der Waals surface area contributed by atoms with Gasteiger partial charge < -0.3 is 10.0 Å². The number of nitrogens with zero attached hydrogens (tertiary/aromatic N) is 3. The molecular formula is C23H22F3N3O2. The molecule has 3 rings (SSSR count). The van der Waals surface area contributed by atoms with E-state index < -0.39 is 23.9 Å². The highest BCUT2D eigenvalue weighted by molar-refractivity contribution is 5.97. The van der Waals surface area contributed by atoms with Gasteiger partial charge in [-0.2, -0.15) is 13.2 Å². The van der Waals surface area contributed by atoms with E-state index in [1.54, 1.807) is 24.4 Å². The van der Waals surface area contributed by atoms with Gasteiger partial charge in [0.2, 0.25) is 0 Å². The van der Waals surface area contributed by atoms with Crippen molar-refractivity contribution < 1.29 is 23.1 Å². The van der Waals surface area contributed by atoms with E-state index in [0.29, 0.717) is 16.8 Å². The molecule has 1 atom stereocenters. The molecule has 2 aromatic heterocycles. The summed E-state index contributed by atoms with van der Waals surface area (Å²) in [6, 6.07) is 11.0. The highest BCUT2D eigenvalue weighted by Crippen LogP contribution is 2.28. The predicted octanol–water partition coefficient (Wildman–Crippen LogP) is 4.42. The Morgan fingerprint density at radius 1 is 1.10 bits per heavy atom. The van der Waals surface area contributed by atoms with Crippen molar-refractivity contribution >= 4 is 11.6 Å². The van der Waals surface area contributed by atoms with E-state index in [9.17, 15) is 23.1 Å². The average Bonchev–Trinajstić information content (AvgIpc) is 2.76. The molecule has 1 amide bonds. The van der Waals surface area contributed by atoms with Crippen molar-refractivity contribution in [2.24, 2.45) is 0 Å². The van der Waals surface area contributed by atoms with Crippen molar-refractivity contribution in [3.63, 3.8) is 0 Å². The van der Waals surface area contributed by atoms with Gasteiger partial charge in [-0.3, -0.25) is 14.8 Å². The maximum atomic E-state index is 13.1. The zero-order valence-corrected chi connectivity index (χ0v) is 17.1. The number of aliphatic hydroxyl groups is 1. The Bertz CT molecular complexity index is 1040. The molecule has 2 heterocycles. The van der Waals surface area contributed by atoms with Crippen LogP contribution in [0.1, 0.15) is 34.1 Å². The summed E-state index contributed by atoms with van der Waals surface area (Å²) in [6.07, 6.45) is -1.54. The number of aromatic nitrogens is 2. The van der Waals surface area contributed by atoms with Crippen LogP contribution < -0.4 is 4.90 Å². The van der Waals surface area contributed by atoms with Gasteiger partial charge in [0.1, 0.15) is 5.69 Å². The summed E-state index contributed by atoms with van der Waals surface area (Å²) >= 11 is 0. The third-order valence-corrected chi connectivity index (χ3v) is 5.04. The molecule has 0 saturated carbocycles. The molecule has 0 aliphatic rings. The number of carbonyl (C=O) groups is 1. The van der Waals surface area contributed by atoms with Crippen LogP contribution in [0.3, 0.4) is 0 Å². The number of amides is 1. The number of alkyl halides is 3. The molecule has 0 unspecified atom stereocenters. The summed E-state index contributed by atoms with van der Waals surface area (Å²) in [6.45, 7) is 4.02. The zero-order valence-electron chi connectivity index (χ0n) is 17.1. The highest BCUT2D eigenvalue weighted by atomic mass is 19.4. The minimum Gasteiger partial charge on any atom is -0.378 e. The number of hydrogen-bond acceptors (Lipinski definition) is 4. The summed E-state index contributed by atoms with van der Waals surface area (Å²) in [5.74, 6) is -0.545. The first-order chi connectivity index (χ1) is 14.7. The third-order valence-electron chi connectivity index (χ3n) is 5.04. The molecule has 0 bridgehead atoms. The van der Waals surface area contributed by atoms with Gasteiger partial charge in [0.05, 0.1) is 0 Å². The van der Waals surface area contributed by atoms with Crippen LogP contribution in [0.15, 0.2) is 61.1 Å². The molecule has 8 heteroatoms. The minimum atomic E-state index is -4.51. The second-order valence-electron chi connectivity index (χ2n) is 7.25. The molecule has 3 aromatic rings. The summed E-state index contributed by atoms with van der Waals surface area (Å²) in [5.41, 5.74) is 2.56. The topological polar surface area (TPSA) is 66.3 Å². The van der Waals surface area contributed by atoms with Crippen molar-refractivity contribution in [2.45, 2.75) is 32.5 Å². The number of rotatable bonds is 6. The third kappa shape index (κ3) is 5.46. The van der Waals surface area contributed by atoms with Crippen LogP contribution in [0.25, 0.3) is 0 Å². The molecule has 0 fully saturated rings. The quantitative estimate of drug-likeness (QED) is 0.630. The van der Waals surface area contributed by atoms with E-state index in [-0.39, 0.29) is 13.0 Å². The largest absolute Gasteiger partial charge is 0.433 e. The SMILES string of the molecule is Cc1ccc(N(CCc2ccc(C(F)(F)F)nc2)C(=O)[C@@H](O)c2cccnc2)cc1C. The van der Waals surface area contributed by atoms with Crippen LogP contribution in [0.5, 0.6) is 0 Å². The lowest BCUT2D eigenvalue weighted by atomic mass is 10.1. The highest BCUT2D eigenvalue weighted by Gasteiger charge is 2.32. The van der Waals surface area contributed by atoms with Crippen molar-refractivity contribution in [1.29, 1.82) is 0 Å². The Hall–Kier alpha value is -3.26. The van der Waals surface area contributed by atoms with Gasteiger partial charge in [-0.1, -0.05) is 18.2 Å². The van der Waals surface area contributed by atoms with E-state index in [1.807, 2.05) is 26.0 Å². The maximum absolute atomic E-state index is 13.1. The molecule has 1 N–H and O–H groups in total. The van der Waals surface area contributed by atoms with Crippen molar-refractivity contribution in [1.82, 2.24) is 9.97 Å². The predicted molar refractivity (Wildman–Crippen MR) is 110 cm³/mol. The molecule has 1 aromatic carbocycles. The zero-order chi connectivity index (χ0) is 22.6. The fourth-order valence-corrected chi connectivity index (χ4v) is 3.07. The summed E-state index contributed by atoms with van der Waals surface area (Å²) in [4.78, 5) is 22.0. The number of benzene rings is 1. The van der Waals surface area contributed by atoms with Crippen LogP contribution in [0.4, 0.5) is 18.9 Å². The number of halogens is 3. The number of aliphatic hydroxyl groups excluding tert-OH is 1. The number of aryl methyl sites for hydroxylation is 2. The van der Waals surface area contributed by atoms with Crippen LogP contribution in [0.2, 0.25) is 0 Å². The molecular weight excluding hydrogens is 407 g/mol. The van der Waals surface area contributed by atoms with E-state index in [0.717, 1.165) is 23.4 Å². The van der Waals surface area contributed by atoms with E-state index >= 15 is 0 Å². The number of anilines is 1. The van der Waals surface area contributed by atoms with Crippen molar-refractivity contribution in [3.8, 4) is 0 Å². The van der Waals surface area contributed by atoms with Gasteiger partial charge >= 0.3 is 6.18 Å². The number of carbonyl (C=O) groups excluding carboxylic acids is 1. The Morgan fingerprint density at radius 2 is 1.87 bits per heavy atom. The molecule has 0 saturated heterocycles. The van der Waals surface area contributed by atoms with Crippen molar-refractivity contribution in [2.75, 3.05) is 11.4 Å². The van der Waals surface area contributed by atoms with E-state index in [4.69, 9.17) is 0 Å². The Kier molecular flexibility index (Phi) is 6.70. The van der Waals surface area contributed by atoms with Gasteiger partial charge in [-0.15, -0.1) is 0 Å². The number of hydrogen-bond donors (Lipinski definition) is 1. The normalized spacial score (nSPS) is 12.5.